The second-order valence-corrected chi connectivity index (χ2v) is 4.69. The number of nitrogens with one attached hydrogen (secondary N) is 2. The molecule has 3 nitrogen and oxygen atoms in total. The van der Waals surface area contributed by atoms with Crippen molar-refractivity contribution >= 4 is 17.5 Å². The van der Waals surface area contributed by atoms with Crippen molar-refractivity contribution in [1.29, 1.82) is 0 Å². The summed E-state index contributed by atoms with van der Waals surface area (Å²) in [5.74, 6) is 0.344. The van der Waals surface area contributed by atoms with Crippen LogP contribution in [0.5, 0.6) is 0 Å². The molecule has 1 unspecified atom stereocenters. The fourth-order valence-electron chi connectivity index (χ4n) is 1.64. The van der Waals surface area contributed by atoms with Crippen LogP contribution in [-0.4, -0.2) is 26.0 Å². The lowest BCUT2D eigenvalue weighted by Crippen LogP contribution is -2.32. The van der Waals surface area contributed by atoms with E-state index in [9.17, 15) is 4.79 Å². The highest BCUT2D eigenvalue weighted by molar-refractivity contribution is 6.31. The molecule has 0 bridgehead atoms. The van der Waals surface area contributed by atoms with E-state index in [2.05, 4.69) is 17.6 Å². The van der Waals surface area contributed by atoms with Crippen LogP contribution in [0.4, 0.5) is 0 Å². The summed E-state index contributed by atoms with van der Waals surface area (Å²) in [6, 6.07) is 5.37. The van der Waals surface area contributed by atoms with Crippen LogP contribution in [0.1, 0.15) is 22.8 Å². The molecule has 0 aliphatic heterocycles. The third kappa shape index (κ3) is 4.02. The molecule has 1 aromatic rings. The van der Waals surface area contributed by atoms with Gasteiger partial charge >= 0.3 is 0 Å². The quantitative estimate of drug-likeness (QED) is 0.846. The third-order valence-corrected chi connectivity index (χ3v) is 3.09. The highest BCUT2D eigenvalue weighted by Gasteiger charge is 2.11. The molecule has 0 saturated heterocycles. The second kappa shape index (κ2) is 6.62. The summed E-state index contributed by atoms with van der Waals surface area (Å²) < 4.78 is 0. The lowest BCUT2D eigenvalue weighted by atomic mass is 10.1. The summed E-state index contributed by atoms with van der Waals surface area (Å²) >= 11 is 5.98. The van der Waals surface area contributed by atoms with E-state index < -0.39 is 0 Å². The SMILES string of the molecule is CNCC(C)CNC(=O)c1cccc(Cl)c1C. The Hall–Kier alpha value is -1.06. The van der Waals surface area contributed by atoms with E-state index in [0.717, 1.165) is 12.1 Å². The lowest BCUT2D eigenvalue weighted by Gasteiger charge is -2.13. The van der Waals surface area contributed by atoms with Gasteiger partial charge in [0.05, 0.1) is 0 Å². The maximum absolute atomic E-state index is 11.9. The zero-order chi connectivity index (χ0) is 12.8. The second-order valence-electron chi connectivity index (χ2n) is 4.29. The van der Waals surface area contributed by atoms with E-state index in [-0.39, 0.29) is 5.91 Å². The van der Waals surface area contributed by atoms with Crippen LogP contribution in [-0.2, 0) is 0 Å². The van der Waals surface area contributed by atoms with Crippen LogP contribution in [0.3, 0.4) is 0 Å². The standard InChI is InChI=1S/C13H19ClN2O/c1-9(7-15-3)8-16-13(17)11-5-4-6-12(14)10(11)2/h4-6,9,15H,7-8H2,1-3H3,(H,16,17). The van der Waals surface area contributed by atoms with E-state index in [1.165, 1.54) is 0 Å². The average Bonchev–Trinajstić information content (AvgIpc) is 2.30. The van der Waals surface area contributed by atoms with Crippen molar-refractivity contribution in [2.45, 2.75) is 13.8 Å². The number of hydrogen-bond donors (Lipinski definition) is 2. The molecule has 4 heteroatoms. The monoisotopic (exact) mass is 254 g/mol. The smallest absolute Gasteiger partial charge is 0.251 e. The van der Waals surface area contributed by atoms with Crippen LogP contribution in [0.2, 0.25) is 5.02 Å². The number of carbonyl (C=O) groups is 1. The minimum Gasteiger partial charge on any atom is -0.352 e. The summed E-state index contributed by atoms with van der Waals surface area (Å²) in [7, 11) is 1.90. The zero-order valence-electron chi connectivity index (χ0n) is 10.5. The van der Waals surface area contributed by atoms with Gasteiger partial charge in [-0.15, -0.1) is 0 Å². The Morgan fingerprint density at radius 3 is 2.76 bits per heavy atom. The van der Waals surface area contributed by atoms with Crippen molar-refractivity contribution < 1.29 is 4.79 Å². The van der Waals surface area contributed by atoms with Crippen LogP contribution >= 0.6 is 11.6 Å². The molecule has 1 atom stereocenters. The maximum Gasteiger partial charge on any atom is 0.251 e. The first-order valence-corrected chi connectivity index (χ1v) is 6.12. The Labute approximate surface area is 108 Å². The molecule has 0 aromatic heterocycles. The summed E-state index contributed by atoms with van der Waals surface area (Å²) in [5, 5.41) is 6.62. The summed E-state index contributed by atoms with van der Waals surface area (Å²) in [6.07, 6.45) is 0. The van der Waals surface area contributed by atoms with Gasteiger partial charge in [0.2, 0.25) is 0 Å². The average molecular weight is 255 g/mol. The number of amides is 1. The van der Waals surface area contributed by atoms with E-state index in [4.69, 9.17) is 11.6 Å². The molecule has 0 aliphatic carbocycles. The van der Waals surface area contributed by atoms with Crippen molar-refractivity contribution in [1.82, 2.24) is 10.6 Å². The van der Waals surface area contributed by atoms with Gasteiger partial charge in [0.1, 0.15) is 0 Å². The first-order chi connectivity index (χ1) is 8.06. The van der Waals surface area contributed by atoms with Crippen LogP contribution < -0.4 is 10.6 Å². The molecule has 0 saturated carbocycles. The first-order valence-electron chi connectivity index (χ1n) is 5.74. The predicted octanol–water partition coefficient (Wildman–Crippen LogP) is 2.23. The molecular formula is C13H19ClN2O. The van der Waals surface area contributed by atoms with E-state index >= 15 is 0 Å². The fraction of sp³-hybridized carbons (Fsp3) is 0.462. The van der Waals surface area contributed by atoms with E-state index in [1.54, 1.807) is 18.2 Å². The molecule has 0 radical (unpaired) electrons. The highest BCUT2D eigenvalue weighted by Crippen LogP contribution is 2.18. The van der Waals surface area contributed by atoms with Gasteiger partial charge in [-0.25, -0.2) is 0 Å². The molecule has 0 heterocycles. The van der Waals surface area contributed by atoms with Crippen molar-refractivity contribution in [3.8, 4) is 0 Å². The van der Waals surface area contributed by atoms with Crippen molar-refractivity contribution in [2.75, 3.05) is 20.1 Å². The topological polar surface area (TPSA) is 41.1 Å². The van der Waals surface area contributed by atoms with Gasteiger partial charge in [0.25, 0.3) is 5.91 Å². The Balaban J connectivity index is 2.61. The van der Waals surface area contributed by atoms with Gasteiger partial charge in [-0.3, -0.25) is 4.79 Å². The van der Waals surface area contributed by atoms with Gasteiger partial charge in [-0.05, 0) is 44.1 Å². The molecule has 94 valence electrons. The van der Waals surface area contributed by atoms with E-state index in [1.807, 2.05) is 14.0 Å². The van der Waals surface area contributed by atoms with Gasteiger partial charge in [-0.1, -0.05) is 24.6 Å². The Bertz CT molecular complexity index is 393. The number of rotatable bonds is 5. The van der Waals surface area contributed by atoms with Crippen molar-refractivity contribution in [3.05, 3.63) is 34.3 Å². The predicted molar refractivity (Wildman–Crippen MR) is 71.6 cm³/mol. The zero-order valence-corrected chi connectivity index (χ0v) is 11.3. The molecule has 1 amide bonds. The van der Waals surface area contributed by atoms with Crippen molar-refractivity contribution in [2.24, 2.45) is 5.92 Å². The molecule has 0 aliphatic rings. The highest BCUT2D eigenvalue weighted by atomic mass is 35.5. The van der Waals surface area contributed by atoms with Crippen LogP contribution in [0, 0.1) is 12.8 Å². The minimum absolute atomic E-state index is 0.0621. The molecule has 1 aromatic carbocycles. The maximum atomic E-state index is 11.9. The first kappa shape index (κ1) is 14.0. The molecular weight excluding hydrogens is 236 g/mol. The number of halogens is 1. The summed E-state index contributed by atoms with van der Waals surface area (Å²) in [6.45, 7) is 5.48. The van der Waals surface area contributed by atoms with Crippen LogP contribution in [0.15, 0.2) is 18.2 Å². The molecule has 17 heavy (non-hydrogen) atoms. The fourth-order valence-corrected chi connectivity index (χ4v) is 1.81. The Morgan fingerprint density at radius 2 is 2.12 bits per heavy atom. The summed E-state index contributed by atoms with van der Waals surface area (Å²) in [5.41, 5.74) is 1.47. The van der Waals surface area contributed by atoms with Gasteiger partial charge < -0.3 is 10.6 Å². The van der Waals surface area contributed by atoms with Crippen molar-refractivity contribution in [3.63, 3.8) is 0 Å². The number of benzene rings is 1. The number of hydrogen-bond acceptors (Lipinski definition) is 2. The lowest BCUT2D eigenvalue weighted by molar-refractivity contribution is 0.0947. The normalized spacial score (nSPS) is 12.2. The van der Waals surface area contributed by atoms with Gasteiger partial charge in [0.15, 0.2) is 0 Å². The molecule has 1 rings (SSSR count). The van der Waals surface area contributed by atoms with E-state index in [0.29, 0.717) is 23.0 Å². The Kier molecular flexibility index (Phi) is 5.45. The number of carbonyl (C=O) groups excluding carboxylic acids is 1. The molecule has 0 fully saturated rings. The largest absolute Gasteiger partial charge is 0.352 e. The Morgan fingerprint density at radius 1 is 1.41 bits per heavy atom. The van der Waals surface area contributed by atoms with Crippen LogP contribution in [0.25, 0.3) is 0 Å². The van der Waals surface area contributed by atoms with Gasteiger partial charge in [-0.2, -0.15) is 0 Å². The molecule has 2 N–H and O–H groups in total. The summed E-state index contributed by atoms with van der Waals surface area (Å²) in [4.78, 5) is 11.9. The minimum atomic E-state index is -0.0621. The van der Waals surface area contributed by atoms with Gasteiger partial charge in [0, 0.05) is 17.1 Å². The third-order valence-electron chi connectivity index (χ3n) is 2.68. The molecule has 0 spiro atoms.